The first-order valence-electron chi connectivity index (χ1n) is 20.6. The molecular weight excluding hydrogens is 823 g/mol. The maximum Gasteiger partial charge on any atom is 0.256 e. The summed E-state index contributed by atoms with van der Waals surface area (Å²) in [7, 11) is -3.46. The number of hydrogen-bond donors (Lipinski definition) is 0. The van der Waals surface area contributed by atoms with Gasteiger partial charge in [0.05, 0.1) is 9.79 Å². The molecule has 0 saturated carbocycles. The highest BCUT2D eigenvalue weighted by Gasteiger charge is 2.29. The van der Waals surface area contributed by atoms with Crippen LogP contribution in [0.15, 0.2) is 196 Å². The zero-order chi connectivity index (χ0) is 41.1. The smallest absolute Gasteiger partial charge is 0.256 e. The molecule has 0 N–H and O–H groups in total. The van der Waals surface area contributed by atoms with Crippen molar-refractivity contribution in [1.82, 2.24) is 0 Å². The lowest BCUT2D eigenvalue weighted by atomic mass is 9.99. The van der Waals surface area contributed by atoms with Crippen LogP contribution >= 0.6 is 27.8 Å². The molecule has 0 unspecified atom stereocenters. The van der Waals surface area contributed by atoms with E-state index in [9.17, 15) is 0 Å². The van der Waals surface area contributed by atoms with E-state index in [-0.39, 0.29) is 0 Å². The number of aryl methyl sites for hydroxylation is 2. The average Bonchev–Trinajstić information content (AvgIpc) is 3.59. The predicted octanol–water partition coefficient (Wildman–Crippen LogP) is 18.4. The van der Waals surface area contributed by atoms with Crippen molar-refractivity contribution in [3.63, 3.8) is 0 Å². The van der Waals surface area contributed by atoms with Crippen molar-refractivity contribution in [2.75, 3.05) is 0 Å². The van der Waals surface area contributed by atoms with E-state index in [2.05, 4.69) is 184 Å². The van der Waals surface area contributed by atoms with Gasteiger partial charge in [-0.1, -0.05) is 133 Å². The van der Waals surface area contributed by atoms with Crippen LogP contribution in [0.1, 0.15) is 11.1 Å². The van der Waals surface area contributed by atoms with E-state index in [1.54, 1.807) is 11.8 Å². The van der Waals surface area contributed by atoms with Crippen LogP contribution in [0.4, 0.5) is 0 Å². The summed E-state index contributed by atoms with van der Waals surface area (Å²) in [5.41, 5.74) is 5.30. The molecule has 2 aromatic heterocycles. The van der Waals surface area contributed by atoms with E-state index in [1.807, 2.05) is 0 Å². The van der Waals surface area contributed by atoms with Crippen LogP contribution in [0.5, 0.6) is 11.5 Å². The van der Waals surface area contributed by atoms with Gasteiger partial charge in [-0.2, -0.15) is 0 Å². The van der Waals surface area contributed by atoms with Gasteiger partial charge >= 0.3 is 0 Å². The summed E-state index contributed by atoms with van der Waals surface area (Å²) in [6, 6.07) is 59.6. The highest BCUT2D eigenvalue weighted by molar-refractivity contribution is 7.99. The summed E-state index contributed by atoms with van der Waals surface area (Å²) >= 11 is 1.70. The lowest BCUT2D eigenvalue weighted by molar-refractivity contribution is 0.458. The molecule has 0 atom stereocenters. The molecule has 0 aliphatic carbocycles. The zero-order valence-electron chi connectivity index (χ0n) is 33.5. The molecule has 8 heteroatoms. The third-order valence-electron chi connectivity index (χ3n) is 12.0. The van der Waals surface area contributed by atoms with E-state index in [0.29, 0.717) is 0 Å². The monoisotopic (exact) mass is 856 g/mol. The van der Waals surface area contributed by atoms with Crippen molar-refractivity contribution in [3.05, 3.63) is 181 Å². The molecular formula is C54H34O5P2S. The van der Waals surface area contributed by atoms with Crippen LogP contribution in [0.2, 0.25) is 0 Å². The van der Waals surface area contributed by atoms with Gasteiger partial charge in [0.1, 0.15) is 32.9 Å². The summed E-state index contributed by atoms with van der Waals surface area (Å²) in [4.78, 5) is 2.01. The molecule has 62 heavy (non-hydrogen) atoms. The van der Waals surface area contributed by atoms with E-state index < -0.39 is 16.0 Å². The average molecular weight is 857 g/mol. The Labute approximate surface area is 361 Å². The van der Waals surface area contributed by atoms with Crippen LogP contribution in [-0.2, 0) is 0 Å². The standard InChI is InChI=1S/C54H34O5P2S/c1-31-27-45(60-56-41-23-19-33-11-3-7-15-37(33)49(41)50-38-16-8-4-12-34(38)20-24-42(50)57-60)53-47(29-31)62-48-30-32(2)28-46(54(48)55-53)61-58-43-25-21-35-13-5-9-17-39(35)51(43)52-40-18-10-6-14-36(40)22-26-44(52)59-61/h3-30H,1-2H3. The van der Waals surface area contributed by atoms with Crippen molar-refractivity contribution in [2.24, 2.45) is 0 Å². The van der Waals surface area contributed by atoms with E-state index >= 15 is 0 Å². The molecule has 5 nitrogen and oxygen atoms in total. The second-order valence-electron chi connectivity index (χ2n) is 15.9. The molecule has 0 saturated heterocycles. The Hall–Kier alpha value is -6.81. The summed E-state index contributed by atoms with van der Waals surface area (Å²) in [5, 5.41) is 14.9. The maximum absolute atomic E-state index is 7.26. The first kappa shape index (κ1) is 35.9. The molecule has 12 aromatic rings. The van der Waals surface area contributed by atoms with Crippen molar-refractivity contribution in [3.8, 4) is 22.1 Å². The summed E-state index contributed by atoms with van der Waals surface area (Å²) in [6.45, 7) is 4.24. The third-order valence-corrected chi connectivity index (χ3v) is 15.9. The van der Waals surface area contributed by atoms with Crippen LogP contribution in [0.25, 0.3) is 97.6 Å². The van der Waals surface area contributed by atoms with Gasteiger partial charge in [0.2, 0.25) is 0 Å². The third kappa shape index (κ3) is 5.58. The van der Waals surface area contributed by atoms with Gasteiger partial charge in [0.25, 0.3) is 16.0 Å². The molecule has 3 heterocycles. The second-order valence-corrected chi connectivity index (χ2v) is 19.8. The van der Waals surface area contributed by atoms with Gasteiger partial charge in [-0.25, -0.2) is 0 Å². The fourth-order valence-corrected chi connectivity index (χ4v) is 13.7. The Morgan fingerprint density at radius 2 is 0.661 bits per heavy atom. The summed E-state index contributed by atoms with van der Waals surface area (Å²) in [5.74, 6) is 1.44. The van der Waals surface area contributed by atoms with Crippen molar-refractivity contribution in [2.45, 2.75) is 23.6 Å². The molecule has 0 radical (unpaired) electrons. The van der Waals surface area contributed by atoms with Gasteiger partial charge in [-0.15, -0.1) is 0 Å². The Morgan fingerprint density at radius 1 is 0.355 bits per heavy atom. The topological polar surface area (TPSA) is 61.8 Å². The Bertz CT molecular complexity index is 3530. The van der Waals surface area contributed by atoms with Crippen molar-refractivity contribution in [1.29, 1.82) is 0 Å². The van der Waals surface area contributed by atoms with Crippen molar-refractivity contribution >= 4 is 115 Å². The molecule has 0 bridgehead atoms. The number of benzene rings is 10. The Balaban J connectivity index is 1.07. The minimum atomic E-state index is -1.73. The molecule has 13 rings (SSSR count). The molecule has 10 aromatic carbocycles. The van der Waals surface area contributed by atoms with Gasteiger partial charge < -0.3 is 21.5 Å². The maximum atomic E-state index is 7.26. The highest BCUT2D eigenvalue weighted by atomic mass is 32.2. The SMILES string of the molecule is Cc1cc2c(c(-p3oc4ccc5ccccc5c4c4c(ccc5ccccc54)o3)c1)Oc1c(cc(C)cc1-p1oc3ccc4ccccc4c3c3c(ccc4ccccc43)o1)S2. The van der Waals surface area contributed by atoms with Crippen molar-refractivity contribution < 1.29 is 21.5 Å². The molecule has 1 aliphatic heterocycles. The highest BCUT2D eigenvalue weighted by Crippen LogP contribution is 2.61. The fraction of sp³-hybridized carbons (Fsp3) is 0.0370. The zero-order valence-corrected chi connectivity index (χ0v) is 36.1. The molecule has 0 spiro atoms. The Morgan fingerprint density at radius 3 is 0.984 bits per heavy atom. The quantitative estimate of drug-likeness (QED) is 0.173. The van der Waals surface area contributed by atoms with E-state index in [1.165, 1.54) is 0 Å². The number of ether oxygens (including phenoxy) is 1. The fourth-order valence-electron chi connectivity index (χ4n) is 9.22. The lowest BCUT2D eigenvalue weighted by Gasteiger charge is -2.24. The van der Waals surface area contributed by atoms with Crippen LogP contribution < -0.4 is 4.74 Å². The molecule has 296 valence electrons. The Kier molecular flexibility index (Phi) is 8.02. The predicted molar refractivity (Wildman–Crippen MR) is 259 cm³/mol. The van der Waals surface area contributed by atoms with E-state index in [4.69, 9.17) is 21.5 Å². The number of fused-ring (bicyclic) bond motifs is 16. The van der Waals surface area contributed by atoms with Gasteiger partial charge in [0, 0.05) is 21.5 Å². The summed E-state index contributed by atoms with van der Waals surface area (Å²) < 4.78 is 35.8. The largest absolute Gasteiger partial charge is 0.453 e. The molecule has 0 fully saturated rings. The van der Waals surface area contributed by atoms with Crippen LogP contribution in [-0.4, -0.2) is 0 Å². The van der Waals surface area contributed by atoms with Crippen LogP contribution in [0.3, 0.4) is 0 Å². The lowest BCUT2D eigenvalue weighted by Crippen LogP contribution is -1.98. The normalized spacial score (nSPS) is 12.4. The minimum Gasteiger partial charge on any atom is -0.453 e. The van der Waals surface area contributed by atoms with Gasteiger partial charge in [-0.05, 0) is 117 Å². The summed E-state index contributed by atoms with van der Waals surface area (Å²) in [6.07, 6.45) is 0. The molecule has 0 amide bonds. The second kappa shape index (κ2) is 13.9. The number of rotatable bonds is 2. The first-order chi connectivity index (χ1) is 30.5. The first-order valence-corrected chi connectivity index (χ1v) is 23.7. The van der Waals surface area contributed by atoms with Crippen LogP contribution in [0, 0.1) is 13.8 Å². The van der Waals surface area contributed by atoms with Gasteiger partial charge in [-0.3, -0.25) is 0 Å². The minimum absolute atomic E-state index is 0.721. The van der Waals surface area contributed by atoms with E-state index in [0.717, 1.165) is 130 Å². The number of hydrogen-bond acceptors (Lipinski definition) is 6. The van der Waals surface area contributed by atoms with Gasteiger partial charge in [0.15, 0.2) is 11.5 Å². The molecule has 1 aliphatic rings.